The van der Waals surface area contributed by atoms with Crippen LogP contribution in [0.15, 0.2) is 8.68 Å². The predicted molar refractivity (Wildman–Crippen MR) is 178 cm³/mol. The first kappa shape index (κ1) is 44.3. The monoisotopic (exact) mass is 831 g/mol. The number of sulfonamides is 2. The van der Waals surface area contributed by atoms with Crippen LogP contribution < -0.4 is 31.5 Å². The number of hydrogen-bond donors (Lipinski definition) is 9. The van der Waals surface area contributed by atoms with Gasteiger partial charge in [-0.2, -0.15) is 0 Å². The topological polar surface area (TPSA) is 410 Å². The summed E-state index contributed by atoms with van der Waals surface area (Å²) in [6, 6.07) is 0. The van der Waals surface area contributed by atoms with Gasteiger partial charge in [-0.1, -0.05) is 22.7 Å². The van der Waals surface area contributed by atoms with E-state index in [4.69, 9.17) is 10.3 Å². The van der Waals surface area contributed by atoms with Crippen LogP contribution in [0.1, 0.15) is 0 Å². The zero-order valence-electron chi connectivity index (χ0n) is 27.0. The van der Waals surface area contributed by atoms with Crippen LogP contribution >= 0.6 is 22.7 Å². The van der Waals surface area contributed by atoms with Gasteiger partial charge in [-0.15, -0.1) is 20.4 Å². The van der Waals surface area contributed by atoms with Gasteiger partial charge < -0.3 is 26.0 Å². The molecule has 0 radical (unpaired) electrons. The number of nitrogens with zero attached hydrogens (tertiary/aromatic N) is 7. The second-order valence-corrected chi connectivity index (χ2v) is 15.8. The van der Waals surface area contributed by atoms with E-state index in [-0.39, 0.29) is 36.4 Å². The summed E-state index contributed by atoms with van der Waals surface area (Å²) in [6.45, 7) is -5.00. The van der Waals surface area contributed by atoms with Crippen molar-refractivity contribution in [3.8, 4) is 0 Å². The second kappa shape index (κ2) is 20.4. The van der Waals surface area contributed by atoms with Gasteiger partial charge in [0.2, 0.25) is 42.6 Å². The Kier molecular flexibility index (Phi) is 17.0. The highest BCUT2D eigenvalue weighted by atomic mass is 32.3. The molecule has 0 aliphatic rings. The number of rotatable bonds is 24. The van der Waals surface area contributed by atoms with E-state index >= 15 is 0 Å². The summed E-state index contributed by atoms with van der Waals surface area (Å²) in [6.07, 6.45) is 0. The molecule has 53 heavy (non-hydrogen) atoms. The molecule has 2 aromatic rings. The Morgan fingerprint density at radius 2 is 0.849 bits per heavy atom. The highest BCUT2D eigenvalue weighted by molar-refractivity contribution is 7.91. The van der Waals surface area contributed by atoms with Gasteiger partial charge in [0.1, 0.15) is 0 Å². The van der Waals surface area contributed by atoms with E-state index in [2.05, 4.69) is 41.7 Å². The molecule has 2 rings (SSSR count). The number of aromatic nitrogens is 4. The average molecular weight is 832 g/mol. The first-order valence-electron chi connectivity index (χ1n) is 14.3. The van der Waals surface area contributed by atoms with Crippen LogP contribution in [-0.2, 0) is 53.6 Å². The molecular weight excluding hydrogens is 799 g/mol. The van der Waals surface area contributed by atoms with Gasteiger partial charge in [0.05, 0.1) is 45.8 Å². The molecule has 0 aliphatic carbocycles. The van der Waals surface area contributed by atoms with E-state index in [1.807, 2.05) is 0 Å². The molecule has 294 valence electrons. The van der Waals surface area contributed by atoms with Gasteiger partial charge in [-0.3, -0.25) is 58.9 Å². The predicted octanol–water partition coefficient (Wildman–Crippen LogP) is -6.35. The van der Waals surface area contributed by atoms with Crippen molar-refractivity contribution >= 4 is 94.5 Å². The minimum Gasteiger partial charge on any atom is -0.480 e. The molecule has 0 unspecified atom stereocenters. The normalized spacial score (nSPS) is 11.7. The number of primary sulfonamides is 2. The maximum Gasteiger partial charge on any atom is 0.317 e. The summed E-state index contributed by atoms with van der Waals surface area (Å²) in [7, 11) is -8.31. The molecule has 27 nitrogen and oxygen atoms in total. The number of carbonyl (C=O) groups is 7. The molecule has 0 atom stereocenters. The fourth-order valence-electron chi connectivity index (χ4n) is 3.79. The molecule has 4 amide bonds. The smallest absolute Gasteiger partial charge is 0.317 e. The number of nitrogens with one attached hydrogen (secondary N) is 4. The molecule has 0 fully saturated rings. The first-order valence-corrected chi connectivity index (χ1v) is 19.0. The van der Waals surface area contributed by atoms with Crippen LogP contribution in [0.3, 0.4) is 0 Å². The summed E-state index contributed by atoms with van der Waals surface area (Å²) in [5.41, 5.74) is 0. The molecule has 0 spiro atoms. The van der Waals surface area contributed by atoms with Gasteiger partial charge >= 0.3 is 17.9 Å². The number of nitrogens with two attached hydrogens (primary N) is 2. The number of amides is 4. The van der Waals surface area contributed by atoms with Crippen LogP contribution in [0.4, 0.5) is 10.3 Å². The molecule has 31 heteroatoms. The fraction of sp³-hybridized carbons (Fsp3) is 0.500. The minimum absolute atomic E-state index is 0.150. The lowest BCUT2D eigenvalue weighted by Gasteiger charge is -2.28. The zero-order valence-corrected chi connectivity index (χ0v) is 30.3. The number of anilines is 2. The highest BCUT2D eigenvalue weighted by Crippen LogP contribution is 2.19. The van der Waals surface area contributed by atoms with Gasteiger partial charge in [-0.05, 0) is 0 Å². The summed E-state index contributed by atoms with van der Waals surface area (Å²) < 4.78 is 44.0. The van der Waals surface area contributed by atoms with Crippen LogP contribution in [0.2, 0.25) is 0 Å². The molecule has 0 aliphatic heterocycles. The average Bonchev–Trinajstić information content (AvgIpc) is 3.69. The van der Waals surface area contributed by atoms with Crippen LogP contribution in [0, 0.1) is 0 Å². The largest absolute Gasteiger partial charge is 0.480 e. The molecule has 0 aromatic carbocycles. The Hall–Kier alpha value is -4.89. The fourth-order valence-corrected chi connectivity index (χ4v) is 6.49. The molecule has 2 aromatic heterocycles. The Morgan fingerprint density at radius 3 is 1.15 bits per heavy atom. The SMILES string of the molecule is NS(=O)(=O)c1nnc(NC(=O)CNC(=O)CN(CCN(CCN(CC(=O)O)CC(=O)NCC(=O)Nc2nnc(S(N)(=O)=O)s2)CC(=O)O)CC(=O)O)s1. The number of hydrogen-bond acceptors (Lipinski definition) is 20. The van der Waals surface area contributed by atoms with Gasteiger partial charge in [-0.25, -0.2) is 27.1 Å². The lowest BCUT2D eigenvalue weighted by atomic mass is 10.3. The van der Waals surface area contributed by atoms with Crippen molar-refractivity contribution in [2.45, 2.75) is 8.68 Å². The Bertz CT molecular complexity index is 1760. The van der Waals surface area contributed by atoms with Crippen molar-refractivity contribution in [3.05, 3.63) is 0 Å². The molecule has 0 saturated carbocycles. The van der Waals surface area contributed by atoms with Crippen molar-refractivity contribution in [2.75, 3.05) is 82.6 Å². The first-order chi connectivity index (χ1) is 24.6. The molecule has 0 saturated heterocycles. The van der Waals surface area contributed by atoms with Crippen molar-refractivity contribution < 1.29 is 65.7 Å². The van der Waals surface area contributed by atoms with Gasteiger partial charge in [0.15, 0.2) is 0 Å². The summed E-state index contributed by atoms with van der Waals surface area (Å²) in [5.74, 6) is -7.26. The van der Waals surface area contributed by atoms with Crippen molar-refractivity contribution in [1.82, 2.24) is 45.7 Å². The maximum absolute atomic E-state index is 12.5. The third-order valence-electron chi connectivity index (χ3n) is 5.96. The van der Waals surface area contributed by atoms with Crippen LogP contribution in [-0.4, -0.2) is 181 Å². The minimum atomic E-state index is -4.16. The maximum atomic E-state index is 12.5. The summed E-state index contributed by atoms with van der Waals surface area (Å²) in [5, 5.41) is 59.8. The van der Waals surface area contributed by atoms with E-state index in [1.165, 1.54) is 4.90 Å². The molecule has 11 N–H and O–H groups in total. The Balaban J connectivity index is 1.92. The Morgan fingerprint density at radius 1 is 0.528 bits per heavy atom. The van der Waals surface area contributed by atoms with Crippen molar-refractivity contribution in [1.29, 1.82) is 0 Å². The van der Waals surface area contributed by atoms with Crippen molar-refractivity contribution in [2.24, 2.45) is 10.3 Å². The zero-order chi connectivity index (χ0) is 39.9. The van der Waals surface area contributed by atoms with E-state index in [0.29, 0.717) is 22.7 Å². The molecule has 0 bridgehead atoms. The lowest BCUT2D eigenvalue weighted by Crippen LogP contribution is -2.48. The van der Waals surface area contributed by atoms with Crippen molar-refractivity contribution in [3.63, 3.8) is 0 Å². The number of carboxylic acid groups (broad SMARTS) is 3. The molecular formula is C22H33N13O14S4. The third-order valence-corrected chi connectivity index (χ3v) is 10.3. The quantitative estimate of drug-likeness (QED) is 0.0444. The summed E-state index contributed by atoms with van der Waals surface area (Å²) in [4.78, 5) is 87.2. The van der Waals surface area contributed by atoms with E-state index in [9.17, 15) is 65.7 Å². The standard InChI is InChI=1S/C22H33N13O14S4/c23-52(46,47)21-31-29-19(50-21)27-12(36)5-25-14(38)7-34(10-17(42)43)3-1-33(9-16(40)41)2-4-35(11-18(44)45)8-15(39)26-6-13(37)28-20-30-32-22(51-20)53(24,48)49/h1-11H2,(H,25,38)(H,26,39)(H,40,41)(H,42,43)(H,44,45)(H2,23,46,47)(H2,24,48,49)(H,27,29,36)(H,28,30,37). The number of carboxylic acids is 3. The number of carbonyl (C=O) groups excluding carboxylic acids is 4. The molecule has 2 heterocycles. The summed E-state index contributed by atoms with van der Waals surface area (Å²) >= 11 is 0.924. The van der Waals surface area contributed by atoms with E-state index in [1.54, 1.807) is 0 Å². The number of aliphatic carboxylic acids is 3. The second-order valence-electron chi connectivity index (χ2n) is 10.4. The third kappa shape index (κ3) is 17.9. The van der Waals surface area contributed by atoms with Gasteiger partial charge in [0.25, 0.3) is 20.0 Å². The van der Waals surface area contributed by atoms with Crippen LogP contribution in [0.25, 0.3) is 0 Å². The van der Waals surface area contributed by atoms with E-state index in [0.717, 1.165) is 9.80 Å². The van der Waals surface area contributed by atoms with Crippen LogP contribution in [0.5, 0.6) is 0 Å². The van der Waals surface area contributed by atoms with Gasteiger partial charge in [0, 0.05) is 26.2 Å². The Labute approximate surface area is 306 Å². The lowest BCUT2D eigenvalue weighted by molar-refractivity contribution is -0.141. The van der Waals surface area contributed by atoms with E-state index < -0.39 is 116 Å². The highest BCUT2D eigenvalue weighted by Gasteiger charge is 2.22.